The van der Waals surface area contributed by atoms with E-state index < -0.39 is 6.43 Å². The maximum Gasteiger partial charge on any atom is 0.251 e. The molecule has 1 rings (SSSR count). The van der Waals surface area contributed by atoms with Gasteiger partial charge in [-0.1, -0.05) is 0 Å². The van der Waals surface area contributed by atoms with E-state index in [1.165, 1.54) is 0 Å². The third-order valence-electron chi connectivity index (χ3n) is 2.73. The van der Waals surface area contributed by atoms with Crippen LogP contribution in [-0.2, 0) is 0 Å². The number of aliphatic hydroxyl groups is 1. The van der Waals surface area contributed by atoms with Crippen LogP contribution in [0.2, 0.25) is 0 Å². The molecular weight excluding hydrogens is 238 g/mol. The number of hydrogen-bond acceptors (Lipinski definition) is 3. The van der Waals surface area contributed by atoms with E-state index in [-0.39, 0.29) is 25.6 Å². The minimum Gasteiger partial charge on any atom is -0.395 e. The summed E-state index contributed by atoms with van der Waals surface area (Å²) >= 11 is 0. The lowest BCUT2D eigenvalue weighted by atomic mass is 9.99. The van der Waals surface area contributed by atoms with Crippen molar-refractivity contribution in [2.75, 3.05) is 39.3 Å². The molecule has 0 amide bonds. The van der Waals surface area contributed by atoms with Gasteiger partial charge in [0.2, 0.25) is 0 Å². The van der Waals surface area contributed by atoms with E-state index in [1.807, 2.05) is 0 Å². The van der Waals surface area contributed by atoms with Gasteiger partial charge in [-0.3, -0.25) is 4.90 Å². The van der Waals surface area contributed by atoms with Crippen LogP contribution in [0, 0.1) is 5.92 Å². The Bertz CT molecular complexity index is 169. The Morgan fingerprint density at radius 1 is 1.44 bits per heavy atom. The van der Waals surface area contributed by atoms with Gasteiger partial charge in [-0.2, -0.15) is 0 Å². The largest absolute Gasteiger partial charge is 0.395 e. The highest BCUT2D eigenvalue weighted by Crippen LogP contribution is 2.12. The molecule has 6 heteroatoms. The highest BCUT2D eigenvalue weighted by atomic mass is 35.5. The molecule has 1 aliphatic heterocycles. The van der Waals surface area contributed by atoms with Crippen LogP contribution >= 0.6 is 12.4 Å². The first-order chi connectivity index (χ1) is 7.22. The highest BCUT2D eigenvalue weighted by Gasteiger charge is 2.18. The van der Waals surface area contributed by atoms with Gasteiger partial charge in [-0.15, -0.1) is 12.4 Å². The van der Waals surface area contributed by atoms with Crippen molar-refractivity contribution in [1.82, 2.24) is 10.2 Å². The first-order valence-electron chi connectivity index (χ1n) is 5.54. The van der Waals surface area contributed by atoms with Gasteiger partial charge in [-0.25, -0.2) is 8.78 Å². The number of alkyl halides is 2. The number of halogens is 3. The van der Waals surface area contributed by atoms with Gasteiger partial charge < -0.3 is 10.4 Å². The van der Waals surface area contributed by atoms with E-state index in [0.717, 1.165) is 25.9 Å². The number of nitrogens with zero attached hydrogens (tertiary/aromatic N) is 1. The maximum atomic E-state index is 12.2. The van der Waals surface area contributed by atoms with Gasteiger partial charge in [0.1, 0.15) is 0 Å². The van der Waals surface area contributed by atoms with Crippen LogP contribution in [0.1, 0.15) is 12.8 Å². The van der Waals surface area contributed by atoms with Crippen LogP contribution in [0.15, 0.2) is 0 Å². The molecule has 1 atom stereocenters. The van der Waals surface area contributed by atoms with Crippen molar-refractivity contribution in [3.8, 4) is 0 Å². The van der Waals surface area contributed by atoms with Crippen LogP contribution in [0.4, 0.5) is 8.78 Å². The fourth-order valence-corrected chi connectivity index (χ4v) is 2.04. The molecule has 0 aromatic heterocycles. The van der Waals surface area contributed by atoms with Crippen molar-refractivity contribution in [2.45, 2.75) is 19.3 Å². The van der Waals surface area contributed by atoms with Crippen molar-refractivity contribution in [3.63, 3.8) is 0 Å². The van der Waals surface area contributed by atoms with Crippen LogP contribution in [-0.4, -0.2) is 55.8 Å². The van der Waals surface area contributed by atoms with Crippen LogP contribution < -0.4 is 5.32 Å². The Morgan fingerprint density at radius 2 is 2.19 bits per heavy atom. The van der Waals surface area contributed by atoms with Crippen LogP contribution in [0.25, 0.3) is 0 Å². The third kappa shape index (κ3) is 6.58. The molecule has 0 aromatic carbocycles. The van der Waals surface area contributed by atoms with E-state index in [1.54, 1.807) is 4.90 Å². The van der Waals surface area contributed by atoms with E-state index >= 15 is 0 Å². The normalized spacial score (nSPS) is 21.2. The van der Waals surface area contributed by atoms with E-state index in [9.17, 15) is 8.78 Å². The van der Waals surface area contributed by atoms with E-state index in [0.29, 0.717) is 19.0 Å². The Kier molecular flexibility index (Phi) is 9.12. The number of nitrogens with one attached hydrogen (secondary N) is 1. The SMILES string of the molecule is Cl.OCCN(CC(F)F)CC1CCCNC1. The lowest BCUT2D eigenvalue weighted by Crippen LogP contribution is -2.41. The van der Waals surface area contributed by atoms with Crippen molar-refractivity contribution >= 4 is 12.4 Å². The lowest BCUT2D eigenvalue weighted by molar-refractivity contribution is 0.0673. The lowest BCUT2D eigenvalue weighted by Gasteiger charge is -2.29. The van der Waals surface area contributed by atoms with Crippen molar-refractivity contribution in [1.29, 1.82) is 0 Å². The molecule has 0 radical (unpaired) electrons. The van der Waals surface area contributed by atoms with E-state index in [2.05, 4.69) is 5.32 Å². The summed E-state index contributed by atoms with van der Waals surface area (Å²) in [7, 11) is 0. The molecule has 1 fully saturated rings. The van der Waals surface area contributed by atoms with Crippen molar-refractivity contribution in [2.24, 2.45) is 5.92 Å². The molecule has 2 N–H and O–H groups in total. The Hall–Kier alpha value is 0.0300. The summed E-state index contributed by atoms with van der Waals surface area (Å²) in [6, 6.07) is 0. The Morgan fingerprint density at radius 3 is 2.69 bits per heavy atom. The second-order valence-corrected chi connectivity index (χ2v) is 4.09. The summed E-state index contributed by atoms with van der Waals surface area (Å²) in [5, 5.41) is 12.0. The molecule has 1 unspecified atom stereocenters. The Labute approximate surface area is 102 Å². The number of rotatable bonds is 6. The van der Waals surface area contributed by atoms with E-state index in [4.69, 9.17) is 5.11 Å². The fourth-order valence-electron chi connectivity index (χ4n) is 2.04. The zero-order chi connectivity index (χ0) is 11.1. The predicted octanol–water partition coefficient (Wildman–Crippen LogP) is 0.967. The fraction of sp³-hybridized carbons (Fsp3) is 1.00. The van der Waals surface area contributed by atoms with Crippen LogP contribution in [0.3, 0.4) is 0 Å². The molecular formula is C10H21ClF2N2O. The molecule has 1 aliphatic rings. The second-order valence-electron chi connectivity index (χ2n) is 4.09. The molecule has 0 aliphatic carbocycles. The number of hydrogen-bond donors (Lipinski definition) is 2. The van der Waals surface area contributed by atoms with Crippen LogP contribution in [0.5, 0.6) is 0 Å². The Balaban J connectivity index is 0.00000225. The number of aliphatic hydroxyl groups excluding tert-OH is 1. The van der Waals surface area contributed by atoms with Crippen molar-refractivity contribution < 1.29 is 13.9 Å². The highest BCUT2D eigenvalue weighted by molar-refractivity contribution is 5.85. The molecule has 1 heterocycles. The molecule has 0 spiro atoms. The molecule has 0 saturated carbocycles. The summed E-state index contributed by atoms with van der Waals surface area (Å²) in [6.45, 7) is 2.68. The average molecular weight is 259 g/mol. The average Bonchev–Trinajstić information content (AvgIpc) is 2.18. The molecule has 0 aromatic rings. The minimum absolute atomic E-state index is 0. The summed E-state index contributed by atoms with van der Waals surface area (Å²) < 4.78 is 24.4. The topological polar surface area (TPSA) is 35.5 Å². The summed E-state index contributed by atoms with van der Waals surface area (Å²) in [5.74, 6) is 0.448. The standard InChI is InChI=1S/C10H20F2N2O.ClH/c11-10(12)8-14(4-5-15)7-9-2-1-3-13-6-9;/h9-10,13,15H,1-8H2;1H. The smallest absolute Gasteiger partial charge is 0.251 e. The van der Waals surface area contributed by atoms with Gasteiger partial charge in [0, 0.05) is 13.1 Å². The zero-order valence-corrected chi connectivity index (χ0v) is 10.2. The first-order valence-corrected chi connectivity index (χ1v) is 5.54. The quantitative estimate of drug-likeness (QED) is 0.745. The molecule has 3 nitrogen and oxygen atoms in total. The zero-order valence-electron chi connectivity index (χ0n) is 9.37. The second kappa shape index (κ2) is 9.10. The third-order valence-corrected chi connectivity index (χ3v) is 2.73. The summed E-state index contributed by atoms with van der Waals surface area (Å²) in [6.07, 6.45) is -0.0992. The monoisotopic (exact) mass is 258 g/mol. The summed E-state index contributed by atoms with van der Waals surface area (Å²) in [4.78, 5) is 1.66. The van der Waals surface area contributed by atoms with Gasteiger partial charge >= 0.3 is 0 Å². The summed E-state index contributed by atoms with van der Waals surface area (Å²) in [5.41, 5.74) is 0. The van der Waals surface area contributed by atoms with Gasteiger partial charge in [0.15, 0.2) is 0 Å². The first kappa shape index (κ1) is 16.0. The van der Waals surface area contributed by atoms with Gasteiger partial charge in [0.05, 0.1) is 13.2 Å². The minimum atomic E-state index is -2.31. The predicted molar refractivity (Wildman–Crippen MR) is 62.4 cm³/mol. The number of piperidine rings is 1. The van der Waals surface area contributed by atoms with Gasteiger partial charge in [-0.05, 0) is 31.8 Å². The molecule has 0 bridgehead atoms. The van der Waals surface area contributed by atoms with Gasteiger partial charge in [0.25, 0.3) is 6.43 Å². The molecule has 1 saturated heterocycles. The maximum absolute atomic E-state index is 12.2. The molecule has 98 valence electrons. The van der Waals surface area contributed by atoms with Crippen molar-refractivity contribution in [3.05, 3.63) is 0 Å². The molecule has 16 heavy (non-hydrogen) atoms.